The van der Waals surface area contributed by atoms with Gasteiger partial charge in [-0.1, -0.05) is 91.0 Å². The van der Waals surface area contributed by atoms with Crippen LogP contribution in [0.3, 0.4) is 0 Å². The molecule has 8 aromatic rings. The predicted octanol–water partition coefficient (Wildman–Crippen LogP) is 11.1. The van der Waals surface area contributed by atoms with Crippen LogP contribution < -0.4 is 4.90 Å². The highest BCUT2D eigenvalue weighted by Gasteiger charge is 2.18. The predicted molar refractivity (Wildman–Crippen MR) is 180 cm³/mol. The van der Waals surface area contributed by atoms with E-state index in [0.717, 1.165) is 33.4 Å². The van der Waals surface area contributed by atoms with Gasteiger partial charge in [0, 0.05) is 16.8 Å². The Morgan fingerprint density at radius 1 is 0.581 bits per heavy atom. The molecule has 0 saturated carbocycles. The summed E-state index contributed by atoms with van der Waals surface area (Å²) in [6.07, 6.45) is 1.66. The Labute approximate surface area is 248 Å². The zero-order valence-corrected chi connectivity index (χ0v) is 23.1. The van der Waals surface area contributed by atoms with Crippen molar-refractivity contribution in [3.05, 3.63) is 156 Å². The summed E-state index contributed by atoms with van der Waals surface area (Å²) in [5.74, 6) is 0. The van der Waals surface area contributed by atoms with Gasteiger partial charge in [0.05, 0.1) is 18.3 Å². The monoisotopic (exact) mass is 545 g/mol. The van der Waals surface area contributed by atoms with E-state index in [2.05, 4.69) is 143 Å². The number of allylic oxidation sites excluding steroid dienone is 1. The van der Waals surface area contributed by atoms with Crippen molar-refractivity contribution in [2.45, 2.75) is 0 Å². The molecule has 43 heavy (non-hydrogen) atoms. The van der Waals surface area contributed by atoms with E-state index in [9.17, 15) is 5.26 Å². The lowest BCUT2D eigenvalue weighted by Crippen LogP contribution is -2.10. The molecule has 0 saturated heterocycles. The molecular formula is C40H23N3. The third-order valence-electron chi connectivity index (χ3n) is 8.34. The Morgan fingerprint density at radius 3 is 1.81 bits per heavy atom. The fourth-order valence-corrected chi connectivity index (χ4v) is 6.45. The van der Waals surface area contributed by atoms with Gasteiger partial charge in [-0.25, -0.2) is 10.1 Å². The van der Waals surface area contributed by atoms with Crippen molar-refractivity contribution in [1.82, 2.24) is 0 Å². The normalized spacial score (nSPS) is 11.8. The minimum absolute atomic E-state index is 0.0830. The van der Waals surface area contributed by atoms with Gasteiger partial charge < -0.3 is 4.90 Å². The maximum Gasteiger partial charge on any atom is 0.262 e. The smallest absolute Gasteiger partial charge is 0.262 e. The Morgan fingerprint density at radius 2 is 1.14 bits per heavy atom. The SMILES string of the molecule is [C-]#[N+]/C(C#N)=C\c1cc2ccc3cc(N(c4ccc5ccccc5c4)c4cccc5ccccc45)cc4ccc(c1)c2c34. The minimum Gasteiger partial charge on any atom is -0.310 e. The summed E-state index contributed by atoms with van der Waals surface area (Å²) in [4.78, 5) is 5.71. The molecule has 8 aromatic carbocycles. The molecule has 0 unspecified atom stereocenters. The first-order chi connectivity index (χ1) is 21.2. The van der Waals surface area contributed by atoms with Crippen LogP contribution in [0.4, 0.5) is 17.1 Å². The maximum absolute atomic E-state index is 9.27. The number of hydrogen-bond acceptors (Lipinski definition) is 2. The van der Waals surface area contributed by atoms with E-state index in [0.29, 0.717) is 0 Å². The van der Waals surface area contributed by atoms with Crippen molar-refractivity contribution in [3.8, 4) is 6.07 Å². The van der Waals surface area contributed by atoms with Crippen molar-refractivity contribution in [2.24, 2.45) is 0 Å². The fraction of sp³-hybridized carbons (Fsp3) is 0. The van der Waals surface area contributed by atoms with Gasteiger partial charge in [-0.05, 0) is 103 Å². The molecule has 0 bridgehead atoms. The van der Waals surface area contributed by atoms with E-state index in [-0.39, 0.29) is 5.70 Å². The van der Waals surface area contributed by atoms with Crippen molar-refractivity contribution >= 4 is 77.0 Å². The summed E-state index contributed by atoms with van der Waals surface area (Å²) < 4.78 is 0. The molecule has 0 atom stereocenters. The number of benzene rings is 8. The zero-order chi connectivity index (χ0) is 28.9. The molecule has 3 heteroatoms. The first-order valence-corrected chi connectivity index (χ1v) is 14.2. The van der Waals surface area contributed by atoms with Gasteiger partial charge in [-0.2, -0.15) is 0 Å². The van der Waals surface area contributed by atoms with Gasteiger partial charge in [0.15, 0.2) is 0 Å². The lowest BCUT2D eigenvalue weighted by Gasteiger charge is -2.28. The van der Waals surface area contributed by atoms with Crippen LogP contribution in [0.1, 0.15) is 5.56 Å². The molecule has 0 fully saturated rings. The standard InChI is InChI=1S/C40H23N3/c1-42-34(25-41)21-26-19-30-13-15-32-23-36(24-33-16-14-31(20-26)39(30)40(32)33)43(35-18-17-27-7-2-3-9-29(27)22-35)38-12-6-10-28-8-4-5-11-37(28)38/h2-24H/b34-21-. The van der Waals surface area contributed by atoms with E-state index >= 15 is 0 Å². The minimum atomic E-state index is 0.0830. The number of anilines is 3. The first-order valence-electron chi connectivity index (χ1n) is 14.2. The lowest BCUT2D eigenvalue weighted by molar-refractivity contribution is 1.31. The summed E-state index contributed by atoms with van der Waals surface area (Å²) in [7, 11) is 0. The van der Waals surface area contributed by atoms with Gasteiger partial charge in [0.2, 0.25) is 0 Å². The van der Waals surface area contributed by atoms with E-state index in [1.54, 1.807) is 6.08 Å². The van der Waals surface area contributed by atoms with E-state index in [4.69, 9.17) is 6.57 Å². The zero-order valence-electron chi connectivity index (χ0n) is 23.1. The van der Waals surface area contributed by atoms with Crippen molar-refractivity contribution in [2.75, 3.05) is 4.90 Å². The summed E-state index contributed by atoms with van der Waals surface area (Å²) in [5, 5.41) is 21.0. The van der Waals surface area contributed by atoms with Crippen LogP contribution in [-0.4, -0.2) is 0 Å². The van der Waals surface area contributed by atoms with Crippen molar-refractivity contribution < 1.29 is 0 Å². The van der Waals surface area contributed by atoms with Gasteiger partial charge in [-0.15, -0.1) is 0 Å². The molecule has 0 N–H and O–H groups in total. The Balaban J connectivity index is 1.38. The number of hydrogen-bond donors (Lipinski definition) is 0. The van der Waals surface area contributed by atoms with Gasteiger partial charge in [0.1, 0.15) is 0 Å². The van der Waals surface area contributed by atoms with Crippen LogP contribution in [0.15, 0.2) is 139 Å². The summed E-state index contributed by atoms with van der Waals surface area (Å²) in [6.45, 7) is 7.27. The van der Waals surface area contributed by atoms with Gasteiger partial charge in [0.25, 0.3) is 5.70 Å². The Hall–Kier alpha value is -6.16. The highest BCUT2D eigenvalue weighted by Crippen LogP contribution is 2.44. The number of fused-ring (bicyclic) bond motifs is 2. The highest BCUT2D eigenvalue weighted by atomic mass is 15.1. The second-order valence-corrected chi connectivity index (χ2v) is 10.9. The van der Waals surface area contributed by atoms with Crippen LogP contribution in [-0.2, 0) is 0 Å². The topological polar surface area (TPSA) is 31.4 Å². The average Bonchev–Trinajstić information content (AvgIpc) is 3.06. The Bertz CT molecular complexity index is 2400. The molecule has 0 spiro atoms. The second kappa shape index (κ2) is 9.74. The number of nitriles is 1. The fourth-order valence-electron chi connectivity index (χ4n) is 6.45. The van der Waals surface area contributed by atoms with Crippen LogP contribution in [0, 0.1) is 17.9 Å². The van der Waals surface area contributed by atoms with Gasteiger partial charge in [-0.3, -0.25) is 0 Å². The Kier molecular flexibility index (Phi) is 5.58. The quantitative estimate of drug-likeness (QED) is 0.125. The molecule has 0 aliphatic rings. The van der Waals surface area contributed by atoms with E-state index < -0.39 is 0 Å². The van der Waals surface area contributed by atoms with E-state index in [1.807, 2.05) is 6.07 Å². The number of rotatable bonds is 4. The second-order valence-electron chi connectivity index (χ2n) is 10.9. The summed E-state index contributed by atoms with van der Waals surface area (Å²) in [6, 6.07) is 49.6. The third kappa shape index (κ3) is 4.04. The van der Waals surface area contributed by atoms with Crippen LogP contribution in [0.5, 0.6) is 0 Å². The molecule has 0 aromatic heterocycles. The van der Waals surface area contributed by atoms with Gasteiger partial charge >= 0.3 is 0 Å². The molecule has 0 aliphatic heterocycles. The molecule has 8 rings (SSSR count). The van der Waals surface area contributed by atoms with Crippen LogP contribution in [0.2, 0.25) is 0 Å². The lowest BCUT2D eigenvalue weighted by atomic mass is 9.92. The molecule has 3 nitrogen and oxygen atoms in total. The van der Waals surface area contributed by atoms with Crippen LogP contribution in [0.25, 0.3) is 64.8 Å². The first kappa shape index (κ1) is 24.6. The summed E-state index contributed by atoms with van der Waals surface area (Å²) >= 11 is 0. The molecule has 0 heterocycles. The third-order valence-corrected chi connectivity index (χ3v) is 8.34. The largest absolute Gasteiger partial charge is 0.310 e. The average molecular weight is 546 g/mol. The molecule has 0 radical (unpaired) electrons. The summed E-state index contributed by atoms with van der Waals surface area (Å²) in [5.41, 5.74) is 4.27. The molecule has 198 valence electrons. The highest BCUT2D eigenvalue weighted by molar-refractivity contribution is 6.24. The number of nitrogens with zero attached hydrogens (tertiary/aromatic N) is 3. The molecule has 0 aliphatic carbocycles. The maximum atomic E-state index is 9.27. The van der Waals surface area contributed by atoms with Crippen LogP contribution >= 0.6 is 0 Å². The molecule has 0 amide bonds. The molecular weight excluding hydrogens is 522 g/mol. The van der Waals surface area contributed by atoms with Crippen molar-refractivity contribution in [3.63, 3.8) is 0 Å². The van der Waals surface area contributed by atoms with E-state index in [1.165, 1.54) is 43.1 Å². The van der Waals surface area contributed by atoms with Crippen molar-refractivity contribution in [1.29, 1.82) is 5.26 Å².